The van der Waals surface area contributed by atoms with Crippen LogP contribution in [0.25, 0.3) is 10.9 Å². The van der Waals surface area contributed by atoms with Crippen molar-refractivity contribution in [2.24, 2.45) is 5.73 Å². The molecule has 2 heterocycles. The summed E-state index contributed by atoms with van der Waals surface area (Å²) < 4.78 is 0. The first-order valence-corrected chi connectivity index (χ1v) is 10.9. The minimum atomic E-state index is -1.12. The van der Waals surface area contributed by atoms with Crippen LogP contribution in [-0.4, -0.2) is 50.9 Å². The molecule has 3 aromatic rings. The summed E-state index contributed by atoms with van der Waals surface area (Å²) in [6.45, 7) is 4.01. The number of nitrogens with two attached hydrogens (primary N) is 1. The molecule has 0 saturated heterocycles. The summed E-state index contributed by atoms with van der Waals surface area (Å²) in [5, 5.41) is 13.1. The monoisotopic (exact) mass is 448 g/mol. The first-order valence-electron chi connectivity index (χ1n) is 10.9. The number of para-hydroxylation sites is 1. The predicted molar refractivity (Wildman–Crippen MR) is 125 cm³/mol. The van der Waals surface area contributed by atoms with Crippen LogP contribution in [0, 0.1) is 0 Å². The Balaban J connectivity index is 1.59. The van der Waals surface area contributed by atoms with Gasteiger partial charge in [-0.2, -0.15) is 0 Å². The highest BCUT2D eigenvalue weighted by Gasteiger charge is 2.32. The fourth-order valence-corrected chi connectivity index (χ4v) is 4.16. The number of aromatic carboxylic acids is 1. The lowest BCUT2D eigenvalue weighted by Gasteiger charge is -2.33. The molecule has 0 fully saturated rings. The SMILES string of the molecule is CC(C)(N)C(=O)NC(Cc1c[nH]c2ccccc12)C(=O)N1CCc2cc(C(=O)O)ccc2C1. The van der Waals surface area contributed by atoms with E-state index in [0.717, 1.165) is 27.6 Å². The Hall–Kier alpha value is -3.65. The number of benzene rings is 2. The standard InChI is InChI=1S/C25H28N4O4/c1-25(2,26)24(33)28-21(12-18-13-27-20-6-4-3-5-19(18)20)22(30)29-10-9-15-11-16(23(31)32)7-8-17(15)14-29/h3-8,11,13,21,27H,9-10,12,14,26H2,1-2H3,(H,28,33)(H,31,32). The van der Waals surface area contributed by atoms with E-state index in [0.29, 0.717) is 25.9 Å². The van der Waals surface area contributed by atoms with Crippen LogP contribution in [0.2, 0.25) is 0 Å². The number of carboxylic acid groups (broad SMARTS) is 1. The van der Waals surface area contributed by atoms with E-state index in [1.807, 2.05) is 30.5 Å². The van der Waals surface area contributed by atoms with Gasteiger partial charge >= 0.3 is 5.97 Å². The van der Waals surface area contributed by atoms with E-state index in [2.05, 4.69) is 10.3 Å². The molecule has 8 nitrogen and oxygen atoms in total. The summed E-state index contributed by atoms with van der Waals surface area (Å²) in [7, 11) is 0. The fraction of sp³-hybridized carbons (Fsp3) is 0.320. The molecule has 0 bridgehead atoms. The van der Waals surface area contributed by atoms with Gasteiger partial charge in [0.25, 0.3) is 0 Å². The van der Waals surface area contributed by atoms with Crippen LogP contribution in [0.1, 0.15) is 40.9 Å². The maximum Gasteiger partial charge on any atom is 0.335 e. The van der Waals surface area contributed by atoms with Crippen LogP contribution >= 0.6 is 0 Å². The number of nitrogens with zero attached hydrogens (tertiary/aromatic N) is 1. The van der Waals surface area contributed by atoms with Gasteiger partial charge in [-0.15, -0.1) is 0 Å². The minimum absolute atomic E-state index is 0.189. The van der Waals surface area contributed by atoms with Gasteiger partial charge in [0.1, 0.15) is 6.04 Å². The quantitative estimate of drug-likeness (QED) is 0.460. The lowest BCUT2D eigenvalue weighted by molar-refractivity contribution is -0.138. The Morgan fingerprint density at radius 1 is 1.18 bits per heavy atom. The maximum atomic E-state index is 13.6. The van der Waals surface area contributed by atoms with Crippen molar-refractivity contribution in [1.29, 1.82) is 0 Å². The Kier molecular flexibility index (Phi) is 5.95. The van der Waals surface area contributed by atoms with Crippen LogP contribution in [0.15, 0.2) is 48.7 Å². The van der Waals surface area contributed by atoms with E-state index < -0.39 is 23.5 Å². The van der Waals surface area contributed by atoms with E-state index in [-0.39, 0.29) is 11.5 Å². The lowest BCUT2D eigenvalue weighted by Crippen LogP contribution is -2.57. The van der Waals surface area contributed by atoms with Crippen molar-refractivity contribution in [3.05, 3.63) is 70.9 Å². The molecule has 2 amide bonds. The van der Waals surface area contributed by atoms with Crippen molar-refractivity contribution in [2.45, 2.75) is 44.8 Å². The van der Waals surface area contributed by atoms with Crippen molar-refractivity contribution >= 4 is 28.7 Å². The number of carboxylic acids is 1. The maximum absolute atomic E-state index is 13.6. The fourth-order valence-electron chi connectivity index (χ4n) is 4.16. The summed E-state index contributed by atoms with van der Waals surface area (Å²) in [5.74, 6) is -1.56. The van der Waals surface area contributed by atoms with Gasteiger partial charge < -0.3 is 26.0 Å². The lowest BCUT2D eigenvalue weighted by atomic mass is 9.95. The topological polar surface area (TPSA) is 129 Å². The van der Waals surface area contributed by atoms with E-state index in [4.69, 9.17) is 5.73 Å². The number of carbonyl (C=O) groups is 3. The normalized spacial score (nSPS) is 14.6. The molecule has 1 aliphatic heterocycles. The van der Waals surface area contributed by atoms with Crippen LogP contribution in [-0.2, 0) is 29.0 Å². The molecule has 172 valence electrons. The summed E-state index contributed by atoms with van der Waals surface area (Å²) in [5.41, 5.74) is 8.83. The van der Waals surface area contributed by atoms with Gasteiger partial charge in [-0.3, -0.25) is 9.59 Å². The molecule has 8 heteroatoms. The second-order valence-electron chi connectivity index (χ2n) is 9.11. The Morgan fingerprint density at radius 2 is 1.94 bits per heavy atom. The van der Waals surface area contributed by atoms with Crippen molar-refractivity contribution in [3.8, 4) is 0 Å². The zero-order valence-electron chi connectivity index (χ0n) is 18.7. The van der Waals surface area contributed by atoms with E-state index in [1.165, 1.54) is 0 Å². The summed E-state index contributed by atoms with van der Waals surface area (Å²) in [6.07, 6.45) is 2.74. The zero-order chi connectivity index (χ0) is 23.8. The number of aromatic nitrogens is 1. The van der Waals surface area contributed by atoms with Crippen LogP contribution in [0.4, 0.5) is 0 Å². The minimum Gasteiger partial charge on any atom is -0.478 e. The van der Waals surface area contributed by atoms with Gasteiger partial charge in [0, 0.05) is 36.6 Å². The number of hydrogen-bond donors (Lipinski definition) is 4. The van der Waals surface area contributed by atoms with E-state index in [1.54, 1.807) is 36.9 Å². The number of carbonyl (C=O) groups excluding carboxylic acids is 2. The highest BCUT2D eigenvalue weighted by Crippen LogP contribution is 2.23. The number of nitrogens with one attached hydrogen (secondary N) is 2. The average molecular weight is 449 g/mol. The molecule has 0 spiro atoms. The van der Waals surface area contributed by atoms with Gasteiger partial charge in [0.15, 0.2) is 0 Å². The van der Waals surface area contributed by atoms with E-state index in [9.17, 15) is 19.5 Å². The predicted octanol–water partition coefficient (Wildman–Crippen LogP) is 2.22. The van der Waals surface area contributed by atoms with Crippen LogP contribution in [0.5, 0.6) is 0 Å². The Labute approximate surface area is 191 Å². The third-order valence-corrected chi connectivity index (χ3v) is 6.06. The van der Waals surface area contributed by atoms with Crippen molar-refractivity contribution in [3.63, 3.8) is 0 Å². The number of H-pyrrole nitrogens is 1. The number of aromatic amines is 1. The second kappa shape index (κ2) is 8.71. The zero-order valence-corrected chi connectivity index (χ0v) is 18.7. The third-order valence-electron chi connectivity index (χ3n) is 6.06. The molecular formula is C25H28N4O4. The molecule has 1 atom stereocenters. The average Bonchev–Trinajstić information content (AvgIpc) is 3.19. The molecule has 0 saturated carbocycles. The number of rotatable bonds is 6. The molecule has 1 aliphatic rings. The summed E-state index contributed by atoms with van der Waals surface area (Å²) in [4.78, 5) is 42.4. The van der Waals surface area contributed by atoms with Gasteiger partial charge in [0.2, 0.25) is 11.8 Å². The van der Waals surface area contributed by atoms with E-state index >= 15 is 0 Å². The van der Waals surface area contributed by atoms with Crippen molar-refractivity contribution in [1.82, 2.24) is 15.2 Å². The Morgan fingerprint density at radius 3 is 2.67 bits per heavy atom. The highest BCUT2D eigenvalue weighted by molar-refractivity contribution is 5.93. The van der Waals surface area contributed by atoms with Crippen molar-refractivity contribution < 1.29 is 19.5 Å². The molecule has 0 aliphatic carbocycles. The van der Waals surface area contributed by atoms with Crippen molar-refractivity contribution in [2.75, 3.05) is 6.54 Å². The molecule has 0 radical (unpaired) electrons. The van der Waals surface area contributed by atoms with Crippen LogP contribution < -0.4 is 11.1 Å². The molecule has 1 aromatic heterocycles. The number of amides is 2. The molecule has 1 unspecified atom stereocenters. The summed E-state index contributed by atoms with van der Waals surface area (Å²) in [6, 6.07) is 12.0. The van der Waals surface area contributed by atoms with Gasteiger partial charge in [-0.25, -0.2) is 4.79 Å². The van der Waals surface area contributed by atoms with Crippen LogP contribution in [0.3, 0.4) is 0 Å². The third kappa shape index (κ3) is 4.75. The smallest absolute Gasteiger partial charge is 0.335 e. The first-order chi connectivity index (χ1) is 15.6. The molecule has 4 rings (SSSR count). The first kappa shape index (κ1) is 22.5. The molecule has 5 N–H and O–H groups in total. The number of hydrogen-bond acceptors (Lipinski definition) is 4. The van der Waals surface area contributed by atoms with Gasteiger partial charge in [-0.05, 0) is 55.2 Å². The number of fused-ring (bicyclic) bond motifs is 2. The Bertz CT molecular complexity index is 1220. The highest BCUT2D eigenvalue weighted by atomic mass is 16.4. The molecule has 33 heavy (non-hydrogen) atoms. The summed E-state index contributed by atoms with van der Waals surface area (Å²) >= 11 is 0. The molecular weight excluding hydrogens is 420 g/mol. The van der Waals surface area contributed by atoms with Gasteiger partial charge in [0.05, 0.1) is 11.1 Å². The van der Waals surface area contributed by atoms with Gasteiger partial charge in [-0.1, -0.05) is 24.3 Å². The largest absolute Gasteiger partial charge is 0.478 e. The second-order valence-corrected chi connectivity index (χ2v) is 9.11. The molecule has 2 aromatic carbocycles.